The second-order valence-corrected chi connectivity index (χ2v) is 5.62. The zero-order valence-electron chi connectivity index (χ0n) is 10.0. The minimum atomic E-state index is -0.0760. The van der Waals surface area contributed by atoms with Crippen LogP contribution in [0.5, 0.6) is 0 Å². The minimum absolute atomic E-state index is 0.0760. The lowest BCUT2D eigenvalue weighted by Crippen LogP contribution is -2.57. The molecule has 0 aromatic rings. The average molecular weight is 211 g/mol. The number of aliphatic hydroxyl groups is 1. The first-order valence-corrected chi connectivity index (χ1v) is 6.64. The van der Waals surface area contributed by atoms with E-state index in [0.717, 1.165) is 19.4 Å². The number of hydrogen-bond donors (Lipinski definition) is 1. The molecule has 1 saturated heterocycles. The lowest BCUT2D eigenvalue weighted by atomic mass is 9.68. The van der Waals surface area contributed by atoms with Gasteiger partial charge in [0.1, 0.15) is 0 Å². The van der Waals surface area contributed by atoms with Crippen molar-refractivity contribution >= 4 is 0 Å². The number of rotatable bonds is 4. The van der Waals surface area contributed by atoms with Gasteiger partial charge in [0, 0.05) is 19.6 Å². The van der Waals surface area contributed by atoms with Crippen molar-refractivity contribution in [2.45, 2.75) is 58.0 Å². The van der Waals surface area contributed by atoms with Crippen molar-refractivity contribution in [1.82, 2.24) is 4.90 Å². The highest BCUT2D eigenvalue weighted by Gasteiger charge is 2.42. The van der Waals surface area contributed by atoms with Gasteiger partial charge in [-0.25, -0.2) is 0 Å². The third-order valence-corrected chi connectivity index (χ3v) is 4.28. The van der Waals surface area contributed by atoms with Crippen molar-refractivity contribution in [2.75, 3.05) is 19.6 Å². The highest BCUT2D eigenvalue weighted by Crippen LogP contribution is 2.43. The van der Waals surface area contributed by atoms with Crippen LogP contribution in [0, 0.1) is 5.41 Å². The topological polar surface area (TPSA) is 23.5 Å². The van der Waals surface area contributed by atoms with Crippen LogP contribution in [0.2, 0.25) is 0 Å². The van der Waals surface area contributed by atoms with Gasteiger partial charge >= 0.3 is 0 Å². The molecule has 2 fully saturated rings. The standard InChI is InChI=1S/C13H25NO/c1-2-12(15)6-9-14-10-13(11-14)7-4-3-5-8-13/h12,15H,2-11H2,1H3. The van der Waals surface area contributed by atoms with E-state index in [0.29, 0.717) is 5.41 Å². The van der Waals surface area contributed by atoms with Gasteiger partial charge < -0.3 is 10.0 Å². The van der Waals surface area contributed by atoms with E-state index >= 15 is 0 Å². The number of nitrogens with zero attached hydrogens (tertiary/aromatic N) is 1. The molecule has 15 heavy (non-hydrogen) atoms. The summed E-state index contributed by atoms with van der Waals surface area (Å²) in [5.74, 6) is 0. The van der Waals surface area contributed by atoms with Crippen molar-refractivity contribution in [3.63, 3.8) is 0 Å². The Labute approximate surface area is 93.7 Å². The first kappa shape index (κ1) is 11.4. The Bertz CT molecular complexity index is 191. The molecule has 1 atom stereocenters. The van der Waals surface area contributed by atoms with Crippen LogP contribution < -0.4 is 0 Å². The molecule has 2 rings (SSSR count). The van der Waals surface area contributed by atoms with Gasteiger partial charge in [-0.3, -0.25) is 0 Å². The van der Waals surface area contributed by atoms with Crippen LogP contribution in [0.25, 0.3) is 0 Å². The molecule has 0 bridgehead atoms. The van der Waals surface area contributed by atoms with E-state index in [2.05, 4.69) is 11.8 Å². The molecular formula is C13H25NO. The molecule has 1 unspecified atom stereocenters. The molecular weight excluding hydrogens is 186 g/mol. The van der Waals surface area contributed by atoms with Crippen molar-refractivity contribution in [2.24, 2.45) is 5.41 Å². The van der Waals surface area contributed by atoms with E-state index in [1.165, 1.54) is 45.2 Å². The van der Waals surface area contributed by atoms with Crippen LogP contribution in [-0.2, 0) is 0 Å². The van der Waals surface area contributed by atoms with Crippen LogP contribution in [-0.4, -0.2) is 35.7 Å². The summed E-state index contributed by atoms with van der Waals surface area (Å²) in [4.78, 5) is 2.53. The zero-order chi connectivity index (χ0) is 10.7. The monoisotopic (exact) mass is 211 g/mol. The molecule has 1 aliphatic heterocycles. The molecule has 2 aliphatic rings. The van der Waals surface area contributed by atoms with E-state index in [-0.39, 0.29) is 6.10 Å². The van der Waals surface area contributed by atoms with Crippen LogP contribution in [0.15, 0.2) is 0 Å². The summed E-state index contributed by atoms with van der Waals surface area (Å²) >= 11 is 0. The van der Waals surface area contributed by atoms with Gasteiger partial charge in [0.15, 0.2) is 0 Å². The summed E-state index contributed by atoms with van der Waals surface area (Å²) in [5, 5.41) is 9.50. The largest absolute Gasteiger partial charge is 0.393 e. The summed E-state index contributed by atoms with van der Waals surface area (Å²) in [5.41, 5.74) is 0.704. The van der Waals surface area contributed by atoms with Crippen molar-refractivity contribution in [3.05, 3.63) is 0 Å². The van der Waals surface area contributed by atoms with Gasteiger partial charge in [0.05, 0.1) is 6.10 Å². The minimum Gasteiger partial charge on any atom is -0.393 e. The molecule has 1 N–H and O–H groups in total. The molecule has 2 nitrogen and oxygen atoms in total. The zero-order valence-corrected chi connectivity index (χ0v) is 10.0. The predicted molar refractivity (Wildman–Crippen MR) is 62.9 cm³/mol. The normalized spacial score (nSPS) is 27.6. The Morgan fingerprint density at radius 3 is 2.47 bits per heavy atom. The first-order chi connectivity index (χ1) is 7.24. The first-order valence-electron chi connectivity index (χ1n) is 6.64. The van der Waals surface area contributed by atoms with Gasteiger partial charge in [-0.1, -0.05) is 26.2 Å². The second-order valence-electron chi connectivity index (χ2n) is 5.62. The molecule has 1 saturated carbocycles. The number of hydrogen-bond acceptors (Lipinski definition) is 2. The number of aliphatic hydroxyl groups excluding tert-OH is 1. The summed E-state index contributed by atoms with van der Waals surface area (Å²) in [6.45, 7) is 5.78. The summed E-state index contributed by atoms with van der Waals surface area (Å²) in [6, 6.07) is 0. The highest BCUT2D eigenvalue weighted by atomic mass is 16.3. The fraction of sp³-hybridized carbons (Fsp3) is 1.00. The molecule has 88 valence electrons. The molecule has 2 heteroatoms. The van der Waals surface area contributed by atoms with Crippen LogP contribution >= 0.6 is 0 Å². The van der Waals surface area contributed by atoms with Gasteiger partial charge in [0.2, 0.25) is 0 Å². The van der Waals surface area contributed by atoms with Gasteiger partial charge in [0.25, 0.3) is 0 Å². The van der Waals surface area contributed by atoms with Gasteiger partial charge in [-0.05, 0) is 31.1 Å². The van der Waals surface area contributed by atoms with E-state index in [1.807, 2.05) is 0 Å². The fourth-order valence-electron chi connectivity index (χ4n) is 3.21. The lowest BCUT2D eigenvalue weighted by molar-refractivity contribution is -0.0342. The Balaban J connectivity index is 1.64. The molecule has 0 radical (unpaired) electrons. The van der Waals surface area contributed by atoms with Crippen molar-refractivity contribution in [3.8, 4) is 0 Å². The van der Waals surface area contributed by atoms with Crippen molar-refractivity contribution in [1.29, 1.82) is 0 Å². The van der Waals surface area contributed by atoms with Crippen LogP contribution in [0.4, 0.5) is 0 Å². The lowest BCUT2D eigenvalue weighted by Gasteiger charge is -2.52. The molecule has 1 aliphatic carbocycles. The van der Waals surface area contributed by atoms with Crippen molar-refractivity contribution < 1.29 is 5.11 Å². The third kappa shape index (κ3) is 2.73. The second kappa shape index (κ2) is 4.84. The maximum atomic E-state index is 9.50. The van der Waals surface area contributed by atoms with E-state index in [4.69, 9.17) is 0 Å². The summed E-state index contributed by atoms with van der Waals surface area (Å²) in [6.07, 6.45) is 9.06. The Morgan fingerprint density at radius 2 is 1.87 bits per heavy atom. The van der Waals surface area contributed by atoms with Gasteiger partial charge in [-0.15, -0.1) is 0 Å². The Kier molecular flexibility index (Phi) is 3.68. The molecule has 1 heterocycles. The Hall–Kier alpha value is -0.0800. The maximum Gasteiger partial charge on any atom is 0.0549 e. The molecule has 1 spiro atoms. The molecule has 0 aromatic heterocycles. The number of likely N-dealkylation sites (tertiary alicyclic amines) is 1. The smallest absolute Gasteiger partial charge is 0.0549 e. The van der Waals surface area contributed by atoms with Gasteiger partial charge in [-0.2, -0.15) is 0 Å². The highest BCUT2D eigenvalue weighted by molar-refractivity contribution is 4.96. The van der Waals surface area contributed by atoms with E-state index in [1.54, 1.807) is 0 Å². The fourth-order valence-corrected chi connectivity index (χ4v) is 3.21. The van der Waals surface area contributed by atoms with Crippen LogP contribution in [0.1, 0.15) is 51.9 Å². The SMILES string of the molecule is CCC(O)CCN1CC2(CCCCC2)C1. The van der Waals surface area contributed by atoms with Crippen LogP contribution in [0.3, 0.4) is 0 Å². The van der Waals surface area contributed by atoms with E-state index in [9.17, 15) is 5.11 Å². The Morgan fingerprint density at radius 1 is 1.20 bits per heavy atom. The predicted octanol–water partition coefficient (Wildman–Crippen LogP) is 2.41. The molecule has 0 aromatic carbocycles. The summed E-state index contributed by atoms with van der Waals surface area (Å²) in [7, 11) is 0. The summed E-state index contributed by atoms with van der Waals surface area (Å²) < 4.78 is 0. The molecule has 0 amide bonds. The third-order valence-electron chi connectivity index (χ3n) is 4.28. The van der Waals surface area contributed by atoms with E-state index < -0.39 is 0 Å². The quantitative estimate of drug-likeness (QED) is 0.772. The average Bonchev–Trinajstić information content (AvgIpc) is 2.24. The maximum absolute atomic E-state index is 9.50.